The molecule has 2 aromatic rings. The van der Waals surface area contributed by atoms with Gasteiger partial charge in [-0.25, -0.2) is 13.4 Å². The minimum Gasteiger partial charge on any atom is -0.370 e. The highest BCUT2D eigenvalue weighted by atomic mass is 32.2. The van der Waals surface area contributed by atoms with Crippen molar-refractivity contribution in [2.24, 2.45) is 5.92 Å². The highest BCUT2D eigenvalue weighted by Gasteiger charge is 2.41. The van der Waals surface area contributed by atoms with Crippen LogP contribution in [-0.4, -0.2) is 45.8 Å². The summed E-state index contributed by atoms with van der Waals surface area (Å²) in [6, 6.07) is 7.62. The van der Waals surface area contributed by atoms with Crippen molar-refractivity contribution < 1.29 is 8.42 Å². The van der Waals surface area contributed by atoms with Gasteiger partial charge in [-0.05, 0) is 31.0 Å². The van der Waals surface area contributed by atoms with E-state index in [4.69, 9.17) is 0 Å². The van der Waals surface area contributed by atoms with E-state index in [1.807, 2.05) is 28.9 Å². The first kappa shape index (κ1) is 15.6. The molecule has 8 heteroatoms. The summed E-state index contributed by atoms with van der Waals surface area (Å²) in [5.41, 5.74) is 0.958. The molecule has 24 heavy (non-hydrogen) atoms. The SMILES string of the molecule is O=S(=O)(C1CC1)N1Cc2ccnn2CC(CNc2ccccn2)C1. The van der Waals surface area contributed by atoms with Gasteiger partial charge < -0.3 is 5.32 Å². The topological polar surface area (TPSA) is 80.1 Å². The molecule has 0 amide bonds. The van der Waals surface area contributed by atoms with Crippen LogP contribution in [0.25, 0.3) is 0 Å². The molecule has 1 unspecified atom stereocenters. The first-order valence-electron chi connectivity index (χ1n) is 8.27. The number of sulfonamides is 1. The number of nitrogens with zero attached hydrogens (tertiary/aromatic N) is 4. The summed E-state index contributed by atoms with van der Waals surface area (Å²) >= 11 is 0. The van der Waals surface area contributed by atoms with E-state index in [2.05, 4.69) is 15.4 Å². The van der Waals surface area contributed by atoms with E-state index in [1.165, 1.54) is 0 Å². The van der Waals surface area contributed by atoms with Gasteiger partial charge in [0.05, 0.1) is 17.5 Å². The quantitative estimate of drug-likeness (QED) is 0.882. The average Bonchev–Trinajstić information content (AvgIpc) is 3.38. The molecule has 4 rings (SSSR count). The molecule has 2 aromatic heterocycles. The summed E-state index contributed by atoms with van der Waals surface area (Å²) in [5.74, 6) is 0.945. The standard InChI is InChI=1S/C16H21N5O2S/c22-24(23,15-4-5-15)20-10-13(9-18-16-3-1-2-7-17-16)11-21-14(12-20)6-8-19-21/h1-3,6-8,13,15H,4-5,9-12H2,(H,17,18). The third-order valence-electron chi connectivity index (χ3n) is 4.58. The van der Waals surface area contributed by atoms with Crippen LogP contribution < -0.4 is 5.32 Å². The van der Waals surface area contributed by atoms with Gasteiger partial charge in [0.25, 0.3) is 0 Å². The summed E-state index contributed by atoms with van der Waals surface area (Å²) in [6.07, 6.45) is 5.06. The van der Waals surface area contributed by atoms with Gasteiger partial charge in [-0.2, -0.15) is 9.40 Å². The predicted octanol–water partition coefficient (Wildman–Crippen LogP) is 1.31. The molecule has 1 saturated carbocycles. The van der Waals surface area contributed by atoms with Gasteiger partial charge in [0.15, 0.2) is 0 Å². The lowest BCUT2D eigenvalue weighted by Gasteiger charge is -2.23. The van der Waals surface area contributed by atoms with Gasteiger partial charge in [-0.3, -0.25) is 4.68 Å². The van der Waals surface area contributed by atoms with Crippen molar-refractivity contribution in [1.29, 1.82) is 0 Å². The number of hydrogen-bond acceptors (Lipinski definition) is 5. The number of nitrogens with one attached hydrogen (secondary N) is 1. The van der Waals surface area contributed by atoms with Gasteiger partial charge >= 0.3 is 0 Å². The molecule has 2 aliphatic rings. The highest BCUT2D eigenvalue weighted by molar-refractivity contribution is 7.90. The second-order valence-corrected chi connectivity index (χ2v) is 8.72. The molecule has 1 fully saturated rings. The normalized spacial score (nSPS) is 21.9. The molecule has 1 atom stereocenters. The number of fused-ring (bicyclic) bond motifs is 1. The molecular weight excluding hydrogens is 326 g/mol. The molecule has 0 spiro atoms. The lowest BCUT2D eigenvalue weighted by Crippen LogP contribution is -2.38. The van der Waals surface area contributed by atoms with Crippen molar-refractivity contribution in [2.45, 2.75) is 31.2 Å². The zero-order chi connectivity index (χ0) is 16.6. The van der Waals surface area contributed by atoms with Crippen molar-refractivity contribution >= 4 is 15.8 Å². The molecule has 3 heterocycles. The van der Waals surface area contributed by atoms with Crippen LogP contribution in [0.4, 0.5) is 5.82 Å². The molecule has 0 saturated heterocycles. The van der Waals surface area contributed by atoms with Crippen LogP contribution in [0.1, 0.15) is 18.5 Å². The second-order valence-electron chi connectivity index (χ2n) is 6.50. The Kier molecular flexibility index (Phi) is 4.01. The number of anilines is 1. The van der Waals surface area contributed by atoms with E-state index >= 15 is 0 Å². The molecule has 0 aromatic carbocycles. The monoisotopic (exact) mass is 347 g/mol. The van der Waals surface area contributed by atoms with Crippen LogP contribution >= 0.6 is 0 Å². The third kappa shape index (κ3) is 3.16. The van der Waals surface area contributed by atoms with E-state index in [9.17, 15) is 8.42 Å². The first-order chi connectivity index (χ1) is 11.6. The number of hydrogen-bond donors (Lipinski definition) is 1. The Labute approximate surface area is 141 Å². The van der Waals surface area contributed by atoms with Crippen molar-refractivity contribution in [3.63, 3.8) is 0 Å². The zero-order valence-corrected chi connectivity index (χ0v) is 14.2. The fourth-order valence-electron chi connectivity index (χ4n) is 3.11. The van der Waals surface area contributed by atoms with Crippen LogP contribution in [0.3, 0.4) is 0 Å². The van der Waals surface area contributed by atoms with Crippen molar-refractivity contribution in [3.05, 3.63) is 42.4 Å². The Morgan fingerprint density at radius 1 is 1.17 bits per heavy atom. The Hall–Kier alpha value is -1.93. The summed E-state index contributed by atoms with van der Waals surface area (Å²) in [6.45, 7) is 2.30. The zero-order valence-electron chi connectivity index (χ0n) is 13.4. The largest absolute Gasteiger partial charge is 0.370 e. The van der Waals surface area contributed by atoms with E-state index in [-0.39, 0.29) is 11.2 Å². The number of pyridine rings is 1. The van der Waals surface area contributed by atoms with Crippen LogP contribution in [0.5, 0.6) is 0 Å². The Morgan fingerprint density at radius 2 is 2.04 bits per heavy atom. The minimum absolute atomic E-state index is 0.140. The molecule has 1 N–H and O–H groups in total. The van der Waals surface area contributed by atoms with Crippen LogP contribution in [0.2, 0.25) is 0 Å². The summed E-state index contributed by atoms with van der Waals surface area (Å²) in [4.78, 5) is 4.26. The molecule has 7 nitrogen and oxygen atoms in total. The molecule has 128 valence electrons. The van der Waals surface area contributed by atoms with E-state index in [0.29, 0.717) is 26.2 Å². The van der Waals surface area contributed by atoms with E-state index in [1.54, 1.807) is 16.7 Å². The molecule has 0 radical (unpaired) electrons. The van der Waals surface area contributed by atoms with Gasteiger partial charge in [0, 0.05) is 37.9 Å². The minimum atomic E-state index is -3.20. The molecule has 1 aliphatic carbocycles. The second kappa shape index (κ2) is 6.18. The highest BCUT2D eigenvalue weighted by Crippen LogP contribution is 2.33. The lowest BCUT2D eigenvalue weighted by atomic mass is 10.1. The molecule has 1 aliphatic heterocycles. The Morgan fingerprint density at radius 3 is 2.79 bits per heavy atom. The average molecular weight is 347 g/mol. The smallest absolute Gasteiger partial charge is 0.217 e. The summed E-state index contributed by atoms with van der Waals surface area (Å²) < 4.78 is 29.0. The van der Waals surface area contributed by atoms with Gasteiger partial charge in [-0.1, -0.05) is 6.07 Å². The molecule has 0 bridgehead atoms. The fraction of sp³-hybridized carbons (Fsp3) is 0.500. The summed E-state index contributed by atoms with van der Waals surface area (Å²) in [5, 5.41) is 7.48. The van der Waals surface area contributed by atoms with Crippen LogP contribution in [-0.2, 0) is 23.1 Å². The molecular formula is C16H21N5O2S. The van der Waals surface area contributed by atoms with Crippen molar-refractivity contribution in [3.8, 4) is 0 Å². The lowest BCUT2D eigenvalue weighted by molar-refractivity contribution is 0.345. The van der Waals surface area contributed by atoms with E-state index < -0.39 is 10.0 Å². The van der Waals surface area contributed by atoms with Gasteiger partial charge in [0.1, 0.15) is 5.82 Å². The maximum absolute atomic E-state index is 12.7. The van der Waals surface area contributed by atoms with Crippen LogP contribution in [0, 0.1) is 5.92 Å². The van der Waals surface area contributed by atoms with Gasteiger partial charge in [-0.15, -0.1) is 0 Å². The third-order valence-corrected chi connectivity index (χ3v) is 6.89. The van der Waals surface area contributed by atoms with E-state index in [0.717, 1.165) is 24.4 Å². The summed E-state index contributed by atoms with van der Waals surface area (Å²) in [7, 11) is -3.20. The Balaban J connectivity index is 1.53. The predicted molar refractivity (Wildman–Crippen MR) is 90.8 cm³/mol. The fourth-order valence-corrected chi connectivity index (χ4v) is 4.99. The Bertz CT molecular complexity index is 801. The maximum atomic E-state index is 12.7. The van der Waals surface area contributed by atoms with Crippen LogP contribution in [0.15, 0.2) is 36.7 Å². The number of rotatable bonds is 5. The maximum Gasteiger partial charge on any atom is 0.217 e. The number of aromatic nitrogens is 3. The van der Waals surface area contributed by atoms with Gasteiger partial charge in [0.2, 0.25) is 10.0 Å². The van der Waals surface area contributed by atoms with Crippen molar-refractivity contribution in [2.75, 3.05) is 18.4 Å². The first-order valence-corrected chi connectivity index (χ1v) is 9.78. The van der Waals surface area contributed by atoms with Crippen molar-refractivity contribution in [1.82, 2.24) is 19.1 Å².